The maximum atomic E-state index is 5.84. The number of hydrogen-bond donors (Lipinski definition) is 1. The molecule has 1 aromatic rings. The molecule has 0 spiro atoms. The van der Waals surface area contributed by atoms with Crippen LogP contribution in [0.25, 0.3) is 0 Å². The predicted octanol–water partition coefficient (Wildman–Crippen LogP) is 3.36. The van der Waals surface area contributed by atoms with Crippen molar-refractivity contribution in [2.75, 3.05) is 13.2 Å². The van der Waals surface area contributed by atoms with Crippen LogP contribution in [0.4, 0.5) is 0 Å². The lowest BCUT2D eigenvalue weighted by molar-refractivity contribution is -0.0203. The first kappa shape index (κ1) is 18.1. The summed E-state index contributed by atoms with van der Waals surface area (Å²) < 4.78 is 11.2. The molecule has 0 amide bonds. The van der Waals surface area contributed by atoms with Gasteiger partial charge in [-0.25, -0.2) is 0 Å². The van der Waals surface area contributed by atoms with Crippen molar-refractivity contribution in [3.63, 3.8) is 0 Å². The summed E-state index contributed by atoms with van der Waals surface area (Å²) in [6, 6.07) is 0. The third-order valence-corrected chi connectivity index (χ3v) is 3.44. The molecule has 0 aliphatic rings. The van der Waals surface area contributed by atoms with Crippen LogP contribution in [-0.4, -0.2) is 23.3 Å². The molecule has 5 heteroatoms. The number of nitrogens with zero attached hydrogens (tertiary/aromatic N) is 2. The number of ether oxygens (including phenoxy) is 1. The van der Waals surface area contributed by atoms with E-state index in [0.717, 1.165) is 12.8 Å². The zero-order valence-corrected chi connectivity index (χ0v) is 14.3. The summed E-state index contributed by atoms with van der Waals surface area (Å²) in [6.45, 7) is 14.0. The van der Waals surface area contributed by atoms with E-state index in [1.54, 1.807) is 0 Å². The van der Waals surface area contributed by atoms with Crippen LogP contribution < -0.4 is 5.73 Å². The standard InChI is InChI=1S/C16H31N3O2/c1-7-20-14(16(4,5)6)15-18-13(21-19-15)9-12(10-17)8-11(2)3/h11-12,14H,7-10,17H2,1-6H3. The lowest BCUT2D eigenvalue weighted by Crippen LogP contribution is -2.23. The molecular formula is C16H31N3O2. The van der Waals surface area contributed by atoms with Crippen LogP contribution >= 0.6 is 0 Å². The Morgan fingerprint density at radius 2 is 1.95 bits per heavy atom. The highest BCUT2D eigenvalue weighted by Gasteiger charge is 2.31. The Morgan fingerprint density at radius 3 is 2.43 bits per heavy atom. The van der Waals surface area contributed by atoms with Gasteiger partial charge < -0.3 is 15.0 Å². The molecule has 2 unspecified atom stereocenters. The van der Waals surface area contributed by atoms with Crippen molar-refractivity contribution in [2.45, 2.75) is 60.5 Å². The van der Waals surface area contributed by atoms with Crippen molar-refractivity contribution < 1.29 is 9.26 Å². The Balaban J connectivity index is 2.79. The maximum absolute atomic E-state index is 5.84. The third-order valence-electron chi connectivity index (χ3n) is 3.44. The number of rotatable bonds is 8. The SMILES string of the molecule is CCOC(c1noc(CC(CN)CC(C)C)n1)C(C)(C)C. The van der Waals surface area contributed by atoms with Crippen molar-refractivity contribution in [3.8, 4) is 0 Å². The second kappa shape index (κ2) is 7.90. The Morgan fingerprint density at radius 1 is 1.29 bits per heavy atom. The molecule has 0 saturated carbocycles. The fourth-order valence-electron chi connectivity index (χ4n) is 2.51. The van der Waals surface area contributed by atoms with E-state index < -0.39 is 0 Å². The summed E-state index contributed by atoms with van der Waals surface area (Å²) in [5.74, 6) is 2.31. The summed E-state index contributed by atoms with van der Waals surface area (Å²) in [4.78, 5) is 4.53. The topological polar surface area (TPSA) is 74.2 Å². The van der Waals surface area contributed by atoms with Crippen molar-refractivity contribution in [1.82, 2.24) is 10.1 Å². The average Bonchev–Trinajstić information content (AvgIpc) is 2.81. The van der Waals surface area contributed by atoms with Crippen LogP contribution in [0, 0.1) is 17.3 Å². The van der Waals surface area contributed by atoms with Gasteiger partial charge in [0, 0.05) is 13.0 Å². The highest BCUT2D eigenvalue weighted by atomic mass is 16.5. The number of hydrogen-bond acceptors (Lipinski definition) is 5. The smallest absolute Gasteiger partial charge is 0.227 e. The van der Waals surface area contributed by atoms with Crippen molar-refractivity contribution >= 4 is 0 Å². The Kier molecular flexibility index (Phi) is 6.81. The molecule has 0 fully saturated rings. The van der Waals surface area contributed by atoms with E-state index in [9.17, 15) is 0 Å². The van der Waals surface area contributed by atoms with Crippen molar-refractivity contribution in [3.05, 3.63) is 11.7 Å². The molecule has 21 heavy (non-hydrogen) atoms. The summed E-state index contributed by atoms with van der Waals surface area (Å²) in [6.07, 6.45) is 1.66. The minimum Gasteiger partial charge on any atom is -0.370 e. The number of nitrogens with two attached hydrogens (primary N) is 1. The summed E-state index contributed by atoms with van der Waals surface area (Å²) in [5, 5.41) is 4.12. The van der Waals surface area contributed by atoms with E-state index in [2.05, 4.69) is 44.8 Å². The molecule has 122 valence electrons. The zero-order chi connectivity index (χ0) is 16.0. The van der Waals surface area contributed by atoms with E-state index in [1.165, 1.54) is 0 Å². The van der Waals surface area contributed by atoms with Crippen LogP contribution in [0.1, 0.15) is 65.8 Å². The van der Waals surface area contributed by atoms with E-state index in [-0.39, 0.29) is 11.5 Å². The van der Waals surface area contributed by atoms with Crippen LogP contribution in [0.3, 0.4) is 0 Å². The second-order valence-electron chi connectivity index (χ2n) is 7.18. The van der Waals surface area contributed by atoms with Gasteiger partial charge in [0.2, 0.25) is 11.7 Å². The summed E-state index contributed by atoms with van der Waals surface area (Å²) in [5.41, 5.74) is 5.77. The van der Waals surface area contributed by atoms with Gasteiger partial charge in [-0.3, -0.25) is 0 Å². The molecule has 2 N–H and O–H groups in total. The average molecular weight is 297 g/mol. The van der Waals surface area contributed by atoms with Crippen LogP contribution in [-0.2, 0) is 11.2 Å². The molecule has 1 aromatic heterocycles. The van der Waals surface area contributed by atoms with Crippen LogP contribution in [0.5, 0.6) is 0 Å². The molecule has 0 radical (unpaired) electrons. The zero-order valence-electron chi connectivity index (χ0n) is 14.3. The van der Waals surface area contributed by atoms with Gasteiger partial charge in [0.25, 0.3) is 0 Å². The Hall–Kier alpha value is -0.940. The largest absolute Gasteiger partial charge is 0.370 e. The van der Waals surface area contributed by atoms with E-state index >= 15 is 0 Å². The fourth-order valence-corrected chi connectivity index (χ4v) is 2.51. The lowest BCUT2D eigenvalue weighted by Gasteiger charge is -2.27. The Bertz CT molecular complexity index is 410. The van der Waals surface area contributed by atoms with E-state index in [0.29, 0.717) is 36.7 Å². The molecule has 2 atom stereocenters. The minimum absolute atomic E-state index is 0.0671. The molecule has 0 aliphatic heterocycles. The number of aromatic nitrogens is 2. The van der Waals surface area contributed by atoms with Crippen LogP contribution in [0.15, 0.2) is 4.52 Å². The first-order chi connectivity index (χ1) is 9.77. The normalized spacial score (nSPS) is 15.4. The molecule has 1 rings (SSSR count). The van der Waals surface area contributed by atoms with E-state index in [4.69, 9.17) is 15.0 Å². The molecule has 0 aromatic carbocycles. The highest BCUT2D eigenvalue weighted by Crippen LogP contribution is 2.34. The van der Waals surface area contributed by atoms with E-state index in [1.807, 2.05) is 6.92 Å². The van der Waals surface area contributed by atoms with Gasteiger partial charge in [-0.1, -0.05) is 39.8 Å². The maximum Gasteiger partial charge on any atom is 0.227 e. The Labute approximate surface area is 128 Å². The predicted molar refractivity (Wildman–Crippen MR) is 83.8 cm³/mol. The molecule has 1 heterocycles. The second-order valence-corrected chi connectivity index (χ2v) is 7.18. The highest BCUT2D eigenvalue weighted by molar-refractivity contribution is 4.97. The quantitative estimate of drug-likeness (QED) is 0.796. The van der Waals surface area contributed by atoms with Gasteiger partial charge in [-0.15, -0.1) is 0 Å². The summed E-state index contributed by atoms with van der Waals surface area (Å²) in [7, 11) is 0. The monoisotopic (exact) mass is 297 g/mol. The first-order valence-corrected chi connectivity index (χ1v) is 7.92. The van der Waals surface area contributed by atoms with Gasteiger partial charge in [0.1, 0.15) is 6.10 Å². The van der Waals surface area contributed by atoms with Crippen LogP contribution in [0.2, 0.25) is 0 Å². The van der Waals surface area contributed by atoms with Gasteiger partial charge in [-0.05, 0) is 37.1 Å². The molecule has 0 bridgehead atoms. The fraction of sp³-hybridized carbons (Fsp3) is 0.875. The van der Waals surface area contributed by atoms with Gasteiger partial charge in [0.15, 0.2) is 0 Å². The molecule has 0 saturated heterocycles. The minimum atomic E-state index is -0.151. The van der Waals surface area contributed by atoms with Gasteiger partial charge in [0.05, 0.1) is 0 Å². The third kappa shape index (κ3) is 5.75. The molecule has 5 nitrogen and oxygen atoms in total. The van der Waals surface area contributed by atoms with Crippen molar-refractivity contribution in [1.29, 1.82) is 0 Å². The van der Waals surface area contributed by atoms with Gasteiger partial charge >= 0.3 is 0 Å². The molecular weight excluding hydrogens is 266 g/mol. The van der Waals surface area contributed by atoms with Crippen molar-refractivity contribution in [2.24, 2.45) is 23.0 Å². The lowest BCUT2D eigenvalue weighted by atomic mass is 9.88. The first-order valence-electron chi connectivity index (χ1n) is 7.92. The van der Waals surface area contributed by atoms with Gasteiger partial charge in [-0.2, -0.15) is 4.98 Å². The summed E-state index contributed by atoms with van der Waals surface area (Å²) >= 11 is 0. The molecule has 0 aliphatic carbocycles.